The van der Waals surface area contributed by atoms with Crippen molar-refractivity contribution in [2.45, 2.75) is 18.8 Å². The lowest BCUT2D eigenvalue weighted by molar-refractivity contribution is 0.546. The molecule has 1 aromatic heterocycles. The van der Waals surface area contributed by atoms with Crippen LogP contribution < -0.4 is 11.2 Å². The van der Waals surface area contributed by atoms with Crippen LogP contribution in [0, 0.1) is 0 Å². The average molecular weight is 244 g/mol. The van der Waals surface area contributed by atoms with Crippen LogP contribution in [0.4, 0.5) is 0 Å². The summed E-state index contributed by atoms with van der Waals surface area (Å²) in [6, 6.07) is 0. The Labute approximate surface area is 91.6 Å². The van der Waals surface area contributed by atoms with E-state index >= 15 is 0 Å². The molecule has 1 aromatic rings. The number of hydrogen-bond donors (Lipinski definition) is 2. The van der Waals surface area contributed by atoms with Crippen LogP contribution in [0.15, 0.2) is 15.8 Å². The third kappa shape index (κ3) is 2.24. The van der Waals surface area contributed by atoms with Crippen LogP contribution in [-0.2, 0) is 9.84 Å². The van der Waals surface area contributed by atoms with Crippen molar-refractivity contribution in [1.29, 1.82) is 0 Å². The molecular weight excluding hydrogens is 232 g/mol. The van der Waals surface area contributed by atoms with E-state index in [9.17, 15) is 18.0 Å². The Morgan fingerprint density at radius 2 is 1.81 bits per heavy atom. The summed E-state index contributed by atoms with van der Waals surface area (Å²) in [5.41, 5.74) is -0.500. The normalized spacial score (nSPS) is 20.8. The number of nitrogens with one attached hydrogen (secondary N) is 2. The van der Waals surface area contributed by atoms with Gasteiger partial charge in [-0.25, -0.2) is 13.2 Å². The first kappa shape index (κ1) is 11.1. The highest BCUT2D eigenvalue weighted by Crippen LogP contribution is 2.26. The lowest BCUT2D eigenvalue weighted by atomic mass is 9.96. The molecular formula is C9H12N2O4S. The number of rotatable bonds is 1. The third-order valence-corrected chi connectivity index (χ3v) is 4.56. The van der Waals surface area contributed by atoms with Gasteiger partial charge < -0.3 is 4.98 Å². The van der Waals surface area contributed by atoms with E-state index in [2.05, 4.69) is 9.97 Å². The summed E-state index contributed by atoms with van der Waals surface area (Å²) in [4.78, 5) is 26.8. The molecule has 0 aliphatic carbocycles. The van der Waals surface area contributed by atoms with Crippen LogP contribution in [0.2, 0.25) is 0 Å². The molecule has 0 atom stereocenters. The number of aromatic amines is 2. The molecule has 2 N–H and O–H groups in total. The van der Waals surface area contributed by atoms with E-state index in [1.54, 1.807) is 0 Å². The van der Waals surface area contributed by atoms with Gasteiger partial charge in [-0.1, -0.05) is 0 Å². The molecule has 7 heteroatoms. The Morgan fingerprint density at radius 3 is 2.38 bits per heavy atom. The van der Waals surface area contributed by atoms with Gasteiger partial charge in [0.25, 0.3) is 5.56 Å². The van der Waals surface area contributed by atoms with Crippen molar-refractivity contribution in [3.8, 4) is 0 Å². The highest BCUT2D eigenvalue weighted by Gasteiger charge is 2.26. The summed E-state index contributed by atoms with van der Waals surface area (Å²) in [5, 5.41) is 0. The maximum absolute atomic E-state index is 11.5. The van der Waals surface area contributed by atoms with E-state index in [4.69, 9.17) is 0 Å². The number of aromatic nitrogens is 2. The van der Waals surface area contributed by atoms with Crippen molar-refractivity contribution in [3.05, 3.63) is 32.6 Å². The Balaban J connectivity index is 2.27. The Morgan fingerprint density at radius 1 is 1.19 bits per heavy atom. The molecule has 0 unspecified atom stereocenters. The highest BCUT2D eigenvalue weighted by molar-refractivity contribution is 7.91. The van der Waals surface area contributed by atoms with Crippen LogP contribution >= 0.6 is 0 Å². The average Bonchev–Trinajstić information content (AvgIpc) is 2.19. The standard InChI is InChI=1S/C9H12N2O4S/c12-8-7(5-10-9(13)11-8)6-1-3-16(14,15)4-2-6/h5-6H,1-4H2,(H2,10,11,12,13). The minimum absolute atomic E-state index is 0.0795. The Kier molecular flexibility index (Phi) is 2.71. The molecule has 1 fully saturated rings. The monoisotopic (exact) mass is 244 g/mol. The molecule has 0 spiro atoms. The van der Waals surface area contributed by atoms with Crippen molar-refractivity contribution < 1.29 is 8.42 Å². The molecule has 1 aliphatic rings. The highest BCUT2D eigenvalue weighted by atomic mass is 32.2. The predicted molar refractivity (Wildman–Crippen MR) is 58.3 cm³/mol. The molecule has 0 saturated carbocycles. The molecule has 0 bridgehead atoms. The second kappa shape index (κ2) is 3.89. The lowest BCUT2D eigenvalue weighted by Crippen LogP contribution is -2.30. The minimum atomic E-state index is -2.93. The zero-order valence-corrected chi connectivity index (χ0v) is 9.34. The first-order chi connectivity index (χ1) is 7.48. The molecule has 1 aliphatic heterocycles. The van der Waals surface area contributed by atoms with Gasteiger partial charge in [-0.15, -0.1) is 0 Å². The van der Waals surface area contributed by atoms with Gasteiger partial charge in [0.1, 0.15) is 9.84 Å². The fourth-order valence-corrected chi connectivity index (χ4v) is 3.42. The van der Waals surface area contributed by atoms with Gasteiger partial charge in [-0.3, -0.25) is 9.78 Å². The fraction of sp³-hybridized carbons (Fsp3) is 0.556. The van der Waals surface area contributed by atoms with Gasteiger partial charge in [0.2, 0.25) is 0 Å². The molecule has 0 amide bonds. The SMILES string of the molecule is O=c1[nH]cc(C2CCS(=O)(=O)CC2)c(=O)[nH]1. The molecule has 6 nitrogen and oxygen atoms in total. The molecule has 88 valence electrons. The summed E-state index contributed by atoms with van der Waals surface area (Å²) in [6.45, 7) is 0. The zero-order chi connectivity index (χ0) is 11.8. The van der Waals surface area contributed by atoms with Gasteiger partial charge in [-0.05, 0) is 18.8 Å². The van der Waals surface area contributed by atoms with Crippen LogP contribution in [-0.4, -0.2) is 29.9 Å². The van der Waals surface area contributed by atoms with Crippen LogP contribution in [0.5, 0.6) is 0 Å². The van der Waals surface area contributed by atoms with Crippen molar-refractivity contribution in [2.75, 3.05) is 11.5 Å². The van der Waals surface area contributed by atoms with E-state index in [0.717, 1.165) is 0 Å². The maximum Gasteiger partial charge on any atom is 0.325 e. The van der Waals surface area contributed by atoms with Crippen molar-refractivity contribution in [1.82, 2.24) is 9.97 Å². The molecule has 16 heavy (non-hydrogen) atoms. The van der Waals surface area contributed by atoms with Gasteiger partial charge in [-0.2, -0.15) is 0 Å². The van der Waals surface area contributed by atoms with Crippen LogP contribution in [0.1, 0.15) is 24.3 Å². The summed E-state index contributed by atoms with van der Waals surface area (Å²) in [7, 11) is -2.93. The number of hydrogen-bond acceptors (Lipinski definition) is 4. The smallest absolute Gasteiger partial charge is 0.314 e. The maximum atomic E-state index is 11.5. The van der Waals surface area contributed by atoms with Crippen molar-refractivity contribution in [3.63, 3.8) is 0 Å². The van der Waals surface area contributed by atoms with E-state index in [1.807, 2.05) is 0 Å². The van der Waals surface area contributed by atoms with Crippen molar-refractivity contribution >= 4 is 9.84 Å². The molecule has 2 heterocycles. The van der Waals surface area contributed by atoms with E-state index < -0.39 is 21.1 Å². The van der Waals surface area contributed by atoms with Gasteiger partial charge in [0.05, 0.1) is 11.5 Å². The Hall–Kier alpha value is -1.37. The summed E-state index contributed by atoms with van der Waals surface area (Å²) < 4.78 is 22.4. The molecule has 0 aromatic carbocycles. The number of H-pyrrole nitrogens is 2. The first-order valence-corrected chi connectivity index (χ1v) is 6.82. The van der Waals surface area contributed by atoms with Gasteiger partial charge in [0, 0.05) is 11.8 Å². The van der Waals surface area contributed by atoms with E-state index in [0.29, 0.717) is 18.4 Å². The summed E-state index contributed by atoms with van der Waals surface area (Å²) >= 11 is 0. The number of sulfone groups is 1. The second-order valence-corrected chi connectivity index (χ2v) is 6.26. The van der Waals surface area contributed by atoms with Crippen LogP contribution in [0.3, 0.4) is 0 Å². The minimum Gasteiger partial charge on any atom is -0.314 e. The van der Waals surface area contributed by atoms with Crippen molar-refractivity contribution in [2.24, 2.45) is 0 Å². The lowest BCUT2D eigenvalue weighted by Gasteiger charge is -2.20. The van der Waals surface area contributed by atoms with Crippen LogP contribution in [0.25, 0.3) is 0 Å². The zero-order valence-electron chi connectivity index (χ0n) is 8.52. The molecule has 2 rings (SSSR count). The summed E-state index contributed by atoms with van der Waals surface area (Å²) in [5.74, 6) is 0.135. The van der Waals surface area contributed by atoms with E-state index in [1.165, 1.54) is 6.20 Å². The third-order valence-electron chi connectivity index (χ3n) is 2.84. The van der Waals surface area contributed by atoms with E-state index in [-0.39, 0.29) is 17.4 Å². The summed E-state index contributed by atoms with van der Waals surface area (Å²) in [6.07, 6.45) is 2.26. The Bertz CT molecular complexity index is 584. The fourth-order valence-electron chi connectivity index (χ4n) is 1.92. The predicted octanol–water partition coefficient (Wildman–Crippen LogP) is -0.645. The van der Waals surface area contributed by atoms with Gasteiger partial charge in [0.15, 0.2) is 0 Å². The molecule has 0 radical (unpaired) electrons. The second-order valence-electron chi connectivity index (χ2n) is 3.95. The van der Waals surface area contributed by atoms with Gasteiger partial charge >= 0.3 is 5.69 Å². The molecule has 1 saturated heterocycles. The first-order valence-electron chi connectivity index (χ1n) is 5.00. The largest absolute Gasteiger partial charge is 0.325 e. The quantitative estimate of drug-likeness (QED) is 0.686. The topological polar surface area (TPSA) is 99.9 Å².